The molecule has 0 unspecified atom stereocenters. The van der Waals surface area contributed by atoms with E-state index in [9.17, 15) is 9.59 Å². The molecule has 7 heteroatoms. The number of hydrogen-bond acceptors (Lipinski definition) is 4. The van der Waals surface area contributed by atoms with E-state index in [1.807, 2.05) is 44.2 Å². The highest BCUT2D eigenvalue weighted by Gasteiger charge is 2.19. The molecule has 0 fully saturated rings. The molecule has 144 valence electrons. The lowest BCUT2D eigenvalue weighted by molar-refractivity contribution is 0.0688. The van der Waals surface area contributed by atoms with Gasteiger partial charge >= 0.3 is 5.69 Å². The Morgan fingerprint density at radius 3 is 2.56 bits per heavy atom. The van der Waals surface area contributed by atoms with Gasteiger partial charge in [0.2, 0.25) is 0 Å². The number of fused-ring (bicyclic) bond motifs is 1. The predicted molar refractivity (Wildman–Crippen MR) is 105 cm³/mol. The van der Waals surface area contributed by atoms with Gasteiger partial charge in [-0.3, -0.25) is 9.36 Å². The van der Waals surface area contributed by atoms with Crippen LogP contribution in [0.2, 0.25) is 0 Å². The molecule has 0 amide bonds. The molecule has 0 atom stereocenters. The third-order valence-electron chi connectivity index (χ3n) is 4.51. The van der Waals surface area contributed by atoms with Crippen LogP contribution in [0.1, 0.15) is 45.2 Å². The molecule has 2 aromatic heterocycles. The van der Waals surface area contributed by atoms with Crippen LogP contribution >= 0.6 is 0 Å². The van der Waals surface area contributed by atoms with Crippen molar-refractivity contribution >= 4 is 11.2 Å². The van der Waals surface area contributed by atoms with E-state index in [4.69, 9.17) is 4.74 Å². The minimum Gasteiger partial charge on any atom is -0.360 e. The molecule has 0 saturated heterocycles. The van der Waals surface area contributed by atoms with Gasteiger partial charge < -0.3 is 9.30 Å². The Morgan fingerprint density at radius 2 is 1.89 bits per heavy atom. The van der Waals surface area contributed by atoms with Gasteiger partial charge in [-0.25, -0.2) is 14.3 Å². The summed E-state index contributed by atoms with van der Waals surface area (Å²) in [4.78, 5) is 30.3. The molecule has 0 radical (unpaired) electrons. The maximum Gasteiger partial charge on any atom is 0.334 e. The molecule has 1 aromatic carbocycles. The first-order chi connectivity index (χ1) is 13.0. The van der Waals surface area contributed by atoms with Crippen LogP contribution in [0.3, 0.4) is 0 Å². The smallest absolute Gasteiger partial charge is 0.334 e. The van der Waals surface area contributed by atoms with Crippen molar-refractivity contribution in [2.45, 2.75) is 52.9 Å². The highest BCUT2D eigenvalue weighted by molar-refractivity contribution is 5.70. The van der Waals surface area contributed by atoms with Crippen molar-refractivity contribution in [2.24, 2.45) is 0 Å². The van der Waals surface area contributed by atoms with Crippen molar-refractivity contribution in [2.75, 3.05) is 6.61 Å². The molecule has 2 heterocycles. The van der Waals surface area contributed by atoms with E-state index in [-0.39, 0.29) is 24.0 Å². The lowest BCUT2D eigenvalue weighted by atomic mass is 10.2. The van der Waals surface area contributed by atoms with Gasteiger partial charge in [0.1, 0.15) is 6.73 Å². The van der Waals surface area contributed by atoms with Gasteiger partial charge in [-0.1, -0.05) is 43.7 Å². The number of imidazole rings is 1. The van der Waals surface area contributed by atoms with Crippen LogP contribution in [0, 0.1) is 0 Å². The molecule has 0 aliphatic rings. The molecular formula is C20H26N4O3. The molecule has 0 saturated carbocycles. The lowest BCUT2D eigenvalue weighted by Crippen LogP contribution is -2.41. The highest BCUT2D eigenvalue weighted by Crippen LogP contribution is 2.13. The van der Waals surface area contributed by atoms with Gasteiger partial charge in [0.25, 0.3) is 5.56 Å². The van der Waals surface area contributed by atoms with E-state index < -0.39 is 0 Å². The third kappa shape index (κ3) is 3.88. The quantitative estimate of drug-likeness (QED) is 0.572. The minimum absolute atomic E-state index is 0.0448. The summed E-state index contributed by atoms with van der Waals surface area (Å²) < 4.78 is 10.1. The Balaban J connectivity index is 2.11. The van der Waals surface area contributed by atoms with Crippen molar-refractivity contribution in [1.29, 1.82) is 0 Å². The molecule has 0 N–H and O–H groups in total. The summed E-state index contributed by atoms with van der Waals surface area (Å²) in [6.45, 7) is 6.87. The summed E-state index contributed by atoms with van der Waals surface area (Å²) in [6, 6.07) is 9.74. The number of benzene rings is 1. The Kier molecular flexibility index (Phi) is 5.91. The summed E-state index contributed by atoms with van der Waals surface area (Å²) in [5.74, 6) is 0. The molecule has 0 spiro atoms. The van der Waals surface area contributed by atoms with Crippen LogP contribution in [-0.2, 0) is 18.0 Å². The molecule has 0 aliphatic heterocycles. The zero-order valence-electron chi connectivity index (χ0n) is 16.1. The van der Waals surface area contributed by atoms with Gasteiger partial charge in [-0.2, -0.15) is 0 Å². The van der Waals surface area contributed by atoms with E-state index in [1.165, 1.54) is 4.57 Å². The summed E-state index contributed by atoms with van der Waals surface area (Å²) in [7, 11) is 0. The average molecular weight is 370 g/mol. The van der Waals surface area contributed by atoms with Crippen molar-refractivity contribution in [3.05, 3.63) is 63.1 Å². The van der Waals surface area contributed by atoms with Crippen LogP contribution in [0.25, 0.3) is 11.2 Å². The normalized spacial score (nSPS) is 11.6. The van der Waals surface area contributed by atoms with Gasteiger partial charge in [-0.15, -0.1) is 0 Å². The highest BCUT2D eigenvalue weighted by atomic mass is 16.5. The number of rotatable bonds is 8. The van der Waals surface area contributed by atoms with E-state index in [0.717, 1.165) is 18.4 Å². The second-order valence-electron chi connectivity index (χ2n) is 6.90. The Hall–Kier alpha value is -2.67. The fraction of sp³-hybridized carbons (Fsp3) is 0.450. The first-order valence-corrected chi connectivity index (χ1v) is 9.36. The summed E-state index contributed by atoms with van der Waals surface area (Å²) in [5.41, 5.74) is 1.15. The monoisotopic (exact) mass is 370 g/mol. The number of unbranched alkanes of at least 4 members (excludes halogenated alkanes) is 1. The minimum atomic E-state index is -0.385. The van der Waals surface area contributed by atoms with Crippen molar-refractivity contribution in [3.63, 3.8) is 0 Å². The molecule has 3 aromatic rings. The maximum atomic E-state index is 13.1. The topological polar surface area (TPSA) is 71.1 Å². The van der Waals surface area contributed by atoms with Gasteiger partial charge in [-0.05, 0) is 25.8 Å². The number of aromatic nitrogens is 4. The largest absolute Gasteiger partial charge is 0.360 e. The fourth-order valence-corrected chi connectivity index (χ4v) is 3.08. The number of ether oxygens (including phenoxy) is 1. The van der Waals surface area contributed by atoms with Gasteiger partial charge in [0.05, 0.1) is 6.33 Å². The summed E-state index contributed by atoms with van der Waals surface area (Å²) >= 11 is 0. The molecule has 3 rings (SSSR count). The van der Waals surface area contributed by atoms with Crippen molar-refractivity contribution < 1.29 is 4.74 Å². The van der Waals surface area contributed by atoms with Crippen molar-refractivity contribution in [3.8, 4) is 0 Å². The SMILES string of the molecule is CCCCOCn1c(=O)c2c(ncn2Cc2ccccc2)n(C(C)C)c1=O. The standard InChI is InChI=1S/C20H26N4O3/c1-4-5-11-27-14-23-19(25)17-18(24(15(2)3)20(23)26)21-13-22(17)12-16-9-7-6-8-10-16/h6-10,13,15H,4-5,11-12,14H2,1-3H3. The molecule has 27 heavy (non-hydrogen) atoms. The first-order valence-electron chi connectivity index (χ1n) is 9.36. The van der Waals surface area contributed by atoms with E-state index in [0.29, 0.717) is 24.3 Å². The van der Waals surface area contributed by atoms with E-state index in [2.05, 4.69) is 11.9 Å². The molecular weight excluding hydrogens is 344 g/mol. The predicted octanol–water partition coefficient (Wildman–Crippen LogP) is 2.76. The van der Waals surface area contributed by atoms with Crippen LogP contribution < -0.4 is 11.2 Å². The maximum absolute atomic E-state index is 13.1. The van der Waals surface area contributed by atoms with Crippen LogP contribution in [0.5, 0.6) is 0 Å². The molecule has 0 bridgehead atoms. The third-order valence-corrected chi connectivity index (χ3v) is 4.51. The fourth-order valence-electron chi connectivity index (χ4n) is 3.08. The van der Waals surface area contributed by atoms with Crippen molar-refractivity contribution in [1.82, 2.24) is 18.7 Å². The number of hydrogen-bond donors (Lipinski definition) is 0. The average Bonchev–Trinajstić information content (AvgIpc) is 3.05. The van der Waals surface area contributed by atoms with Crippen LogP contribution in [0.15, 0.2) is 46.2 Å². The lowest BCUT2D eigenvalue weighted by Gasteiger charge is -2.15. The van der Waals surface area contributed by atoms with Crippen LogP contribution in [0.4, 0.5) is 0 Å². The second-order valence-corrected chi connectivity index (χ2v) is 6.90. The second kappa shape index (κ2) is 8.35. The van der Waals surface area contributed by atoms with E-state index in [1.54, 1.807) is 15.5 Å². The van der Waals surface area contributed by atoms with Crippen LogP contribution in [-0.4, -0.2) is 25.3 Å². The Bertz CT molecular complexity index is 1020. The summed E-state index contributed by atoms with van der Waals surface area (Å²) in [6.07, 6.45) is 3.51. The van der Waals surface area contributed by atoms with Gasteiger partial charge in [0, 0.05) is 19.2 Å². The van der Waals surface area contributed by atoms with E-state index >= 15 is 0 Å². The zero-order valence-corrected chi connectivity index (χ0v) is 16.1. The first kappa shape index (κ1) is 19.1. The number of nitrogens with zero attached hydrogens (tertiary/aromatic N) is 4. The zero-order chi connectivity index (χ0) is 19.4. The molecule has 7 nitrogen and oxygen atoms in total. The summed E-state index contributed by atoms with van der Waals surface area (Å²) in [5, 5.41) is 0. The molecule has 0 aliphatic carbocycles. The van der Waals surface area contributed by atoms with Gasteiger partial charge in [0.15, 0.2) is 11.2 Å². The Morgan fingerprint density at radius 1 is 1.15 bits per heavy atom. The Labute approximate surface area is 157 Å².